The Kier molecular flexibility index (Phi) is 5.76. The van der Waals surface area contributed by atoms with Crippen LogP contribution in [0.3, 0.4) is 0 Å². The minimum atomic E-state index is -0.00878. The van der Waals surface area contributed by atoms with Gasteiger partial charge in [0.25, 0.3) is 5.91 Å². The van der Waals surface area contributed by atoms with Gasteiger partial charge in [0.15, 0.2) is 0 Å². The Morgan fingerprint density at radius 1 is 1.21 bits per heavy atom. The van der Waals surface area contributed by atoms with Crippen molar-refractivity contribution in [3.63, 3.8) is 0 Å². The van der Waals surface area contributed by atoms with Gasteiger partial charge >= 0.3 is 0 Å². The molecule has 7 heteroatoms. The number of piperidine rings is 2. The van der Waals surface area contributed by atoms with E-state index in [9.17, 15) is 9.59 Å². The summed E-state index contributed by atoms with van der Waals surface area (Å²) in [4.78, 5) is 38.4. The summed E-state index contributed by atoms with van der Waals surface area (Å²) in [7, 11) is 1.68. The normalized spacial score (nSPS) is 22.4. The molecule has 1 atom stereocenters. The Hall–Kier alpha value is -2.54. The van der Waals surface area contributed by atoms with Crippen LogP contribution in [0.1, 0.15) is 42.5 Å². The maximum Gasteiger partial charge on any atom is 0.256 e. The Bertz CT molecular complexity index is 897. The molecule has 2 amide bonds. The lowest BCUT2D eigenvalue weighted by atomic mass is 9.73. The smallest absolute Gasteiger partial charge is 0.256 e. The largest absolute Gasteiger partial charge is 0.385 e. The van der Waals surface area contributed by atoms with Gasteiger partial charge in [0, 0.05) is 64.1 Å². The van der Waals surface area contributed by atoms with Crippen molar-refractivity contribution in [2.24, 2.45) is 5.41 Å². The van der Waals surface area contributed by atoms with Crippen LogP contribution in [0.4, 0.5) is 0 Å². The maximum atomic E-state index is 13.4. The summed E-state index contributed by atoms with van der Waals surface area (Å²) in [6, 6.07) is 5.57. The van der Waals surface area contributed by atoms with Gasteiger partial charge in [-0.2, -0.15) is 0 Å². The van der Waals surface area contributed by atoms with E-state index < -0.39 is 0 Å². The van der Waals surface area contributed by atoms with Gasteiger partial charge in [-0.25, -0.2) is 0 Å². The van der Waals surface area contributed by atoms with Crippen molar-refractivity contribution < 1.29 is 14.3 Å². The van der Waals surface area contributed by atoms with E-state index in [4.69, 9.17) is 4.74 Å². The van der Waals surface area contributed by atoms with Gasteiger partial charge in [0.1, 0.15) is 5.52 Å². The van der Waals surface area contributed by atoms with Crippen molar-refractivity contribution in [3.8, 4) is 0 Å². The number of hydrogen-bond acceptors (Lipinski definition) is 5. The molecule has 2 fully saturated rings. The molecule has 29 heavy (non-hydrogen) atoms. The lowest BCUT2D eigenvalue weighted by molar-refractivity contribution is -0.139. The summed E-state index contributed by atoms with van der Waals surface area (Å²) in [5.74, 6) is 0.234. The van der Waals surface area contributed by atoms with Crippen LogP contribution in [0.2, 0.25) is 0 Å². The van der Waals surface area contributed by atoms with Gasteiger partial charge in [-0.05, 0) is 37.8 Å². The number of nitrogens with zero attached hydrogens (tertiary/aromatic N) is 4. The Balaban J connectivity index is 1.51. The highest BCUT2D eigenvalue weighted by molar-refractivity contribution is 6.04. The molecule has 1 aromatic carbocycles. The minimum Gasteiger partial charge on any atom is -0.385 e. The first-order valence-corrected chi connectivity index (χ1v) is 10.4. The molecule has 7 nitrogen and oxygen atoms in total. The van der Waals surface area contributed by atoms with Crippen LogP contribution in [-0.2, 0) is 9.53 Å². The highest BCUT2D eigenvalue weighted by Gasteiger charge is 2.42. The molecule has 1 unspecified atom stereocenters. The lowest BCUT2D eigenvalue weighted by Crippen LogP contribution is -2.55. The predicted octanol–water partition coefficient (Wildman–Crippen LogP) is 2.51. The number of methoxy groups -OCH3 is 1. The maximum absolute atomic E-state index is 13.4. The Labute approximate surface area is 171 Å². The van der Waals surface area contributed by atoms with Crippen LogP contribution >= 0.6 is 0 Å². The number of ether oxygens (including phenoxy) is 1. The quantitative estimate of drug-likeness (QED) is 0.726. The fourth-order valence-electron chi connectivity index (χ4n) is 4.76. The number of benzene rings is 1. The molecule has 2 aromatic rings. The van der Waals surface area contributed by atoms with Crippen LogP contribution in [0.15, 0.2) is 30.6 Å². The van der Waals surface area contributed by atoms with Crippen LogP contribution in [0.25, 0.3) is 11.0 Å². The first-order chi connectivity index (χ1) is 14.1. The van der Waals surface area contributed by atoms with Gasteiger partial charge in [-0.1, -0.05) is 6.07 Å². The van der Waals surface area contributed by atoms with E-state index >= 15 is 0 Å². The molecule has 2 aliphatic heterocycles. The second-order valence-corrected chi connectivity index (χ2v) is 8.22. The highest BCUT2D eigenvalue weighted by atomic mass is 16.5. The van der Waals surface area contributed by atoms with E-state index in [1.54, 1.807) is 19.5 Å². The second-order valence-electron chi connectivity index (χ2n) is 8.22. The number of amides is 2. The molecule has 3 heterocycles. The zero-order valence-electron chi connectivity index (χ0n) is 17.0. The molecule has 2 aliphatic rings. The average Bonchev–Trinajstić information content (AvgIpc) is 2.76. The minimum absolute atomic E-state index is 0.00878. The molecule has 2 saturated heterocycles. The fraction of sp³-hybridized carbons (Fsp3) is 0.545. The molecule has 0 saturated carbocycles. The number of rotatable bonds is 5. The zero-order valence-corrected chi connectivity index (χ0v) is 17.0. The molecule has 4 rings (SSSR count). The fourth-order valence-corrected chi connectivity index (χ4v) is 4.76. The van der Waals surface area contributed by atoms with Crippen LogP contribution in [-0.4, -0.2) is 71.5 Å². The van der Waals surface area contributed by atoms with Crippen molar-refractivity contribution in [1.29, 1.82) is 0 Å². The summed E-state index contributed by atoms with van der Waals surface area (Å²) >= 11 is 0. The molecule has 0 N–H and O–H groups in total. The monoisotopic (exact) mass is 396 g/mol. The summed E-state index contributed by atoms with van der Waals surface area (Å²) in [6.45, 7) is 3.55. The van der Waals surface area contributed by atoms with Gasteiger partial charge in [0.05, 0.1) is 11.1 Å². The first kappa shape index (κ1) is 19.8. The number of fused-ring (bicyclic) bond motifs is 1. The van der Waals surface area contributed by atoms with Gasteiger partial charge in [-0.3, -0.25) is 19.6 Å². The number of hydrogen-bond donors (Lipinski definition) is 0. The summed E-state index contributed by atoms with van der Waals surface area (Å²) in [5, 5.41) is 0. The Morgan fingerprint density at radius 2 is 2.07 bits per heavy atom. The van der Waals surface area contributed by atoms with Gasteiger partial charge in [0.2, 0.25) is 5.91 Å². The topological polar surface area (TPSA) is 75.6 Å². The third-order valence-electron chi connectivity index (χ3n) is 6.20. The third kappa shape index (κ3) is 4.10. The van der Waals surface area contributed by atoms with E-state index in [0.29, 0.717) is 30.7 Å². The standard InChI is InChI=1S/C22H28N4O3/c1-29-14-4-13-25-15-22(9-7-19(25)27)8-3-12-26(16-22)21(28)17-5-2-6-18-20(17)24-11-10-23-18/h2,5-6,10-11H,3-4,7-9,12-16H2,1H3. The summed E-state index contributed by atoms with van der Waals surface area (Å²) in [5.41, 5.74) is 1.99. The number of carbonyl (C=O) groups excluding carboxylic acids is 2. The first-order valence-electron chi connectivity index (χ1n) is 10.4. The highest BCUT2D eigenvalue weighted by Crippen LogP contribution is 2.39. The predicted molar refractivity (Wildman–Crippen MR) is 109 cm³/mol. The van der Waals surface area contributed by atoms with Crippen molar-refractivity contribution in [1.82, 2.24) is 19.8 Å². The second kappa shape index (κ2) is 8.45. The van der Waals surface area contributed by atoms with Crippen LogP contribution in [0.5, 0.6) is 0 Å². The van der Waals surface area contributed by atoms with Gasteiger partial charge < -0.3 is 14.5 Å². The van der Waals surface area contributed by atoms with E-state index in [2.05, 4.69) is 9.97 Å². The molecule has 154 valence electrons. The number of likely N-dealkylation sites (tertiary alicyclic amines) is 2. The summed E-state index contributed by atoms with van der Waals surface area (Å²) < 4.78 is 5.14. The number of para-hydroxylation sites is 1. The number of carbonyl (C=O) groups is 2. The number of aromatic nitrogens is 2. The summed E-state index contributed by atoms with van der Waals surface area (Å²) in [6.07, 6.45) is 7.55. The van der Waals surface area contributed by atoms with E-state index in [1.165, 1.54) is 0 Å². The van der Waals surface area contributed by atoms with E-state index in [-0.39, 0.29) is 17.2 Å². The third-order valence-corrected chi connectivity index (χ3v) is 6.20. The van der Waals surface area contributed by atoms with E-state index in [0.717, 1.165) is 50.8 Å². The van der Waals surface area contributed by atoms with Crippen molar-refractivity contribution in [3.05, 3.63) is 36.2 Å². The van der Waals surface area contributed by atoms with Crippen molar-refractivity contribution in [2.45, 2.75) is 32.1 Å². The molecule has 1 spiro atoms. The molecule has 1 aromatic heterocycles. The van der Waals surface area contributed by atoms with E-state index in [1.807, 2.05) is 28.0 Å². The average molecular weight is 396 g/mol. The molecular formula is C22H28N4O3. The van der Waals surface area contributed by atoms with Crippen molar-refractivity contribution >= 4 is 22.8 Å². The molecule has 0 aliphatic carbocycles. The Morgan fingerprint density at radius 3 is 2.93 bits per heavy atom. The van der Waals surface area contributed by atoms with Crippen LogP contribution in [0, 0.1) is 5.41 Å². The zero-order chi connectivity index (χ0) is 20.3. The molecule has 0 bridgehead atoms. The van der Waals surface area contributed by atoms with Gasteiger partial charge in [-0.15, -0.1) is 0 Å². The molecule has 0 radical (unpaired) electrons. The van der Waals surface area contributed by atoms with Crippen molar-refractivity contribution in [2.75, 3.05) is 39.9 Å². The lowest BCUT2D eigenvalue weighted by Gasteiger charge is -2.48. The SMILES string of the molecule is COCCCN1CC2(CCCN(C(=O)c3cccc4nccnc34)C2)CCC1=O. The molecular weight excluding hydrogens is 368 g/mol. The van der Waals surface area contributed by atoms with Crippen LogP contribution < -0.4 is 0 Å².